The van der Waals surface area contributed by atoms with E-state index < -0.39 is 0 Å². The van der Waals surface area contributed by atoms with Crippen LogP contribution in [0, 0.1) is 0 Å². The standard InChI is InChI=1S/C10H14O2S/c1-3-4-7-13-10-6-5-9(12-10)8(2)11/h5-6H,3-4,7H2,1-2H3. The molecular weight excluding hydrogens is 184 g/mol. The monoisotopic (exact) mass is 198 g/mol. The number of carbonyl (C=O) groups excluding carboxylic acids is 1. The fourth-order valence-corrected chi connectivity index (χ4v) is 1.85. The lowest BCUT2D eigenvalue weighted by atomic mass is 10.3. The fraction of sp³-hybridized carbons (Fsp3) is 0.500. The summed E-state index contributed by atoms with van der Waals surface area (Å²) in [6.07, 6.45) is 2.37. The molecule has 13 heavy (non-hydrogen) atoms. The molecule has 2 nitrogen and oxygen atoms in total. The van der Waals surface area contributed by atoms with E-state index >= 15 is 0 Å². The molecule has 72 valence electrons. The van der Waals surface area contributed by atoms with Gasteiger partial charge in [-0.05, 0) is 18.6 Å². The number of hydrogen-bond acceptors (Lipinski definition) is 3. The molecule has 0 amide bonds. The summed E-state index contributed by atoms with van der Waals surface area (Å²) in [5, 5.41) is 0.846. The second-order valence-electron chi connectivity index (χ2n) is 2.88. The van der Waals surface area contributed by atoms with Crippen LogP contribution in [-0.2, 0) is 0 Å². The van der Waals surface area contributed by atoms with Crippen molar-refractivity contribution in [1.29, 1.82) is 0 Å². The Bertz CT molecular complexity index is 278. The highest BCUT2D eigenvalue weighted by Crippen LogP contribution is 2.22. The van der Waals surface area contributed by atoms with Crippen LogP contribution in [0.25, 0.3) is 0 Å². The van der Waals surface area contributed by atoms with Crippen LogP contribution >= 0.6 is 11.8 Å². The van der Waals surface area contributed by atoms with Gasteiger partial charge in [-0.3, -0.25) is 4.79 Å². The molecule has 3 heteroatoms. The Hall–Kier alpha value is -0.700. The molecule has 0 saturated carbocycles. The van der Waals surface area contributed by atoms with E-state index in [-0.39, 0.29) is 5.78 Å². The quantitative estimate of drug-likeness (QED) is 0.413. The molecule has 0 radical (unpaired) electrons. The summed E-state index contributed by atoms with van der Waals surface area (Å²) in [5.74, 6) is 1.50. The second kappa shape index (κ2) is 5.12. The Morgan fingerprint density at radius 3 is 2.85 bits per heavy atom. The molecule has 0 aliphatic carbocycles. The van der Waals surface area contributed by atoms with E-state index in [4.69, 9.17) is 4.42 Å². The van der Waals surface area contributed by atoms with E-state index in [1.807, 2.05) is 6.07 Å². The van der Waals surface area contributed by atoms with Crippen LogP contribution in [0.3, 0.4) is 0 Å². The summed E-state index contributed by atoms with van der Waals surface area (Å²) >= 11 is 1.66. The number of thioether (sulfide) groups is 1. The molecule has 0 N–H and O–H groups in total. The molecule has 1 heterocycles. The molecule has 0 spiro atoms. The predicted molar refractivity (Wildman–Crippen MR) is 54.3 cm³/mol. The zero-order valence-electron chi connectivity index (χ0n) is 8.00. The van der Waals surface area contributed by atoms with Crippen LogP contribution in [0.2, 0.25) is 0 Å². The van der Waals surface area contributed by atoms with Gasteiger partial charge in [-0.2, -0.15) is 0 Å². The third-order valence-corrected chi connectivity index (χ3v) is 2.67. The number of furan rings is 1. The normalized spacial score (nSPS) is 10.3. The lowest BCUT2D eigenvalue weighted by Crippen LogP contribution is -1.85. The first-order valence-electron chi connectivity index (χ1n) is 4.47. The zero-order chi connectivity index (χ0) is 9.68. The van der Waals surface area contributed by atoms with Crippen LogP contribution in [-0.4, -0.2) is 11.5 Å². The highest BCUT2D eigenvalue weighted by atomic mass is 32.2. The molecule has 0 aromatic carbocycles. The van der Waals surface area contributed by atoms with Crippen LogP contribution in [0.15, 0.2) is 21.6 Å². The number of carbonyl (C=O) groups is 1. The van der Waals surface area contributed by atoms with Crippen molar-refractivity contribution >= 4 is 17.5 Å². The largest absolute Gasteiger partial charge is 0.447 e. The van der Waals surface area contributed by atoms with Gasteiger partial charge in [-0.15, -0.1) is 0 Å². The molecule has 0 atom stereocenters. The number of ketones is 1. The van der Waals surface area contributed by atoms with Gasteiger partial charge in [0.1, 0.15) is 0 Å². The van der Waals surface area contributed by atoms with E-state index in [1.165, 1.54) is 19.8 Å². The van der Waals surface area contributed by atoms with E-state index in [9.17, 15) is 4.79 Å². The van der Waals surface area contributed by atoms with Gasteiger partial charge in [-0.25, -0.2) is 0 Å². The van der Waals surface area contributed by atoms with Crippen LogP contribution in [0.4, 0.5) is 0 Å². The first kappa shape index (κ1) is 10.4. The molecule has 1 aromatic heterocycles. The van der Waals surface area contributed by atoms with Gasteiger partial charge in [-0.1, -0.05) is 25.1 Å². The minimum atomic E-state index is -0.0117. The van der Waals surface area contributed by atoms with Crippen LogP contribution < -0.4 is 0 Å². The van der Waals surface area contributed by atoms with Crippen molar-refractivity contribution in [2.24, 2.45) is 0 Å². The Morgan fingerprint density at radius 2 is 2.31 bits per heavy atom. The van der Waals surface area contributed by atoms with Crippen molar-refractivity contribution in [3.63, 3.8) is 0 Å². The molecule has 0 aliphatic heterocycles. The molecule has 1 rings (SSSR count). The van der Waals surface area contributed by atoms with Crippen molar-refractivity contribution in [3.8, 4) is 0 Å². The summed E-state index contributed by atoms with van der Waals surface area (Å²) < 4.78 is 5.31. The van der Waals surface area contributed by atoms with E-state index in [2.05, 4.69) is 6.92 Å². The molecule has 0 fully saturated rings. The maximum absolute atomic E-state index is 10.9. The van der Waals surface area contributed by atoms with Crippen molar-refractivity contribution < 1.29 is 9.21 Å². The molecular formula is C10H14O2S. The molecule has 1 aromatic rings. The first-order valence-corrected chi connectivity index (χ1v) is 5.46. The molecule has 0 aliphatic rings. The maximum atomic E-state index is 10.9. The number of hydrogen-bond donors (Lipinski definition) is 0. The van der Waals surface area contributed by atoms with Crippen molar-refractivity contribution in [2.45, 2.75) is 31.8 Å². The summed E-state index contributed by atoms with van der Waals surface area (Å²) in [5.41, 5.74) is 0. The van der Waals surface area contributed by atoms with Gasteiger partial charge in [0.15, 0.2) is 16.6 Å². The lowest BCUT2D eigenvalue weighted by molar-refractivity contribution is 0.0982. The van der Waals surface area contributed by atoms with Crippen LogP contribution in [0.5, 0.6) is 0 Å². The number of unbranched alkanes of at least 4 members (excludes halogenated alkanes) is 1. The Kier molecular flexibility index (Phi) is 4.09. The van der Waals surface area contributed by atoms with Gasteiger partial charge in [0.2, 0.25) is 0 Å². The average molecular weight is 198 g/mol. The first-order chi connectivity index (χ1) is 6.24. The number of Topliss-reactive ketones (excluding diaryl/α,β-unsaturated/α-hetero) is 1. The number of rotatable bonds is 5. The summed E-state index contributed by atoms with van der Waals surface area (Å²) in [4.78, 5) is 10.9. The molecule has 0 bridgehead atoms. The third-order valence-electron chi connectivity index (χ3n) is 1.67. The summed E-state index contributed by atoms with van der Waals surface area (Å²) in [7, 11) is 0. The second-order valence-corrected chi connectivity index (χ2v) is 3.98. The molecule has 0 saturated heterocycles. The third kappa shape index (κ3) is 3.27. The Morgan fingerprint density at radius 1 is 1.54 bits per heavy atom. The lowest BCUT2D eigenvalue weighted by Gasteiger charge is -1.94. The van der Waals surface area contributed by atoms with E-state index in [0.29, 0.717) is 5.76 Å². The van der Waals surface area contributed by atoms with E-state index in [0.717, 1.165) is 10.8 Å². The fourth-order valence-electron chi connectivity index (χ4n) is 0.904. The highest BCUT2D eigenvalue weighted by molar-refractivity contribution is 7.99. The van der Waals surface area contributed by atoms with Gasteiger partial charge >= 0.3 is 0 Å². The molecule has 0 unspecified atom stereocenters. The SMILES string of the molecule is CCCCSc1ccc(C(C)=O)o1. The van der Waals surface area contributed by atoms with Gasteiger partial charge in [0, 0.05) is 12.7 Å². The summed E-state index contributed by atoms with van der Waals surface area (Å²) in [6.45, 7) is 3.67. The maximum Gasteiger partial charge on any atom is 0.194 e. The zero-order valence-corrected chi connectivity index (χ0v) is 8.82. The van der Waals surface area contributed by atoms with Crippen molar-refractivity contribution in [1.82, 2.24) is 0 Å². The average Bonchev–Trinajstić information content (AvgIpc) is 2.53. The van der Waals surface area contributed by atoms with Gasteiger partial charge < -0.3 is 4.42 Å². The van der Waals surface area contributed by atoms with E-state index in [1.54, 1.807) is 17.8 Å². The minimum Gasteiger partial charge on any atom is -0.447 e. The van der Waals surface area contributed by atoms with Gasteiger partial charge in [0.05, 0.1) is 0 Å². The van der Waals surface area contributed by atoms with Crippen LogP contribution in [0.1, 0.15) is 37.2 Å². The smallest absolute Gasteiger partial charge is 0.194 e. The van der Waals surface area contributed by atoms with Crippen molar-refractivity contribution in [3.05, 3.63) is 17.9 Å². The Balaban J connectivity index is 2.44. The highest BCUT2D eigenvalue weighted by Gasteiger charge is 2.05. The van der Waals surface area contributed by atoms with Gasteiger partial charge in [0.25, 0.3) is 0 Å². The predicted octanol–water partition coefficient (Wildman–Crippen LogP) is 3.37. The minimum absolute atomic E-state index is 0.0117. The van der Waals surface area contributed by atoms with Crippen molar-refractivity contribution in [2.75, 3.05) is 5.75 Å². The Labute approximate surface area is 82.7 Å². The summed E-state index contributed by atoms with van der Waals surface area (Å²) in [6, 6.07) is 3.59. The topological polar surface area (TPSA) is 30.2 Å².